The van der Waals surface area contributed by atoms with Crippen molar-refractivity contribution in [2.45, 2.75) is 0 Å². The number of halogens is 1. The molecule has 3 aromatic carbocycles. The molecule has 0 atom stereocenters. The van der Waals surface area contributed by atoms with Crippen LogP contribution < -0.4 is 4.74 Å². The summed E-state index contributed by atoms with van der Waals surface area (Å²) in [5.74, 6) is 0.241. The number of fused-ring (bicyclic) bond motifs is 1. The average Bonchev–Trinajstić information content (AvgIpc) is 3.02. The lowest BCUT2D eigenvalue weighted by Crippen LogP contribution is -2.32. The number of benzene rings is 3. The van der Waals surface area contributed by atoms with Crippen molar-refractivity contribution in [3.8, 4) is 5.75 Å². The first-order valence-corrected chi connectivity index (χ1v) is 10.8. The zero-order chi connectivity index (χ0) is 22.0. The van der Waals surface area contributed by atoms with Gasteiger partial charge in [-0.1, -0.05) is 42.5 Å². The van der Waals surface area contributed by atoms with E-state index in [0.29, 0.717) is 15.8 Å². The van der Waals surface area contributed by atoms with Crippen LogP contribution in [0.15, 0.2) is 70.0 Å². The van der Waals surface area contributed by atoms with E-state index in [1.54, 1.807) is 6.07 Å². The Kier molecular flexibility index (Phi) is 6.06. The maximum Gasteiger partial charge on any atom is 0.293 e. The Morgan fingerprint density at radius 3 is 2.68 bits per heavy atom. The molecule has 0 radical (unpaired) electrons. The number of hydrogen-bond acceptors (Lipinski definition) is 6. The van der Waals surface area contributed by atoms with Crippen LogP contribution in [0.3, 0.4) is 0 Å². The number of ether oxygens (including phenoxy) is 1. The maximum absolute atomic E-state index is 12.7. The smallest absolute Gasteiger partial charge is 0.293 e. The predicted octanol–water partition coefficient (Wildman–Crippen LogP) is 5.63. The van der Waals surface area contributed by atoms with Crippen molar-refractivity contribution in [3.63, 3.8) is 0 Å². The van der Waals surface area contributed by atoms with Crippen molar-refractivity contribution >= 4 is 61.4 Å². The molecule has 1 aliphatic heterocycles. The molecule has 0 bridgehead atoms. The normalized spacial score (nSPS) is 15.1. The van der Waals surface area contributed by atoms with Gasteiger partial charge >= 0.3 is 0 Å². The lowest BCUT2D eigenvalue weighted by Gasteiger charge is -2.14. The van der Waals surface area contributed by atoms with Crippen LogP contribution in [-0.2, 0) is 4.79 Å². The first-order chi connectivity index (χ1) is 14.9. The molecule has 0 spiro atoms. The molecule has 1 heterocycles. The second-order valence-corrected chi connectivity index (χ2v) is 8.47. The quantitative estimate of drug-likeness (QED) is 0.248. The number of imide groups is 1. The van der Waals surface area contributed by atoms with E-state index >= 15 is 0 Å². The summed E-state index contributed by atoms with van der Waals surface area (Å²) in [7, 11) is 0. The zero-order valence-electron chi connectivity index (χ0n) is 16.0. The van der Waals surface area contributed by atoms with Gasteiger partial charge in [-0.25, -0.2) is 0 Å². The fourth-order valence-electron chi connectivity index (χ4n) is 3.17. The number of thioether (sulfide) groups is 1. The van der Waals surface area contributed by atoms with E-state index in [4.69, 9.17) is 4.74 Å². The van der Waals surface area contributed by atoms with Gasteiger partial charge in [0.25, 0.3) is 16.8 Å². The van der Waals surface area contributed by atoms with Gasteiger partial charge in [-0.2, -0.15) is 0 Å². The molecule has 0 aliphatic carbocycles. The van der Waals surface area contributed by atoms with Gasteiger partial charge in [-0.3, -0.25) is 24.6 Å². The van der Waals surface area contributed by atoms with E-state index in [2.05, 4.69) is 15.9 Å². The third-order valence-corrected chi connectivity index (χ3v) is 6.24. The number of amides is 2. The lowest BCUT2D eigenvalue weighted by molar-refractivity contribution is -0.385. The molecule has 7 nitrogen and oxygen atoms in total. The second kappa shape index (κ2) is 8.91. The number of rotatable bonds is 6. The van der Waals surface area contributed by atoms with E-state index in [1.807, 2.05) is 42.5 Å². The molecule has 1 aliphatic rings. The topological polar surface area (TPSA) is 89.8 Å². The van der Waals surface area contributed by atoms with E-state index in [1.165, 1.54) is 18.2 Å². The molecule has 156 valence electrons. The number of hydrogen-bond donors (Lipinski definition) is 0. The highest BCUT2D eigenvalue weighted by molar-refractivity contribution is 9.10. The van der Waals surface area contributed by atoms with Gasteiger partial charge in [-0.05, 0) is 56.9 Å². The van der Waals surface area contributed by atoms with Crippen LogP contribution in [0.25, 0.3) is 16.8 Å². The van der Waals surface area contributed by atoms with Gasteiger partial charge in [-0.15, -0.1) is 0 Å². The van der Waals surface area contributed by atoms with E-state index < -0.39 is 16.1 Å². The monoisotopic (exact) mass is 498 g/mol. The van der Waals surface area contributed by atoms with Crippen molar-refractivity contribution in [3.05, 3.63) is 85.7 Å². The fraction of sp³-hybridized carbons (Fsp3) is 0.0909. The molecule has 4 rings (SSSR count). The molecular formula is C22H15BrN2O5S. The molecule has 0 unspecified atom stereocenters. The van der Waals surface area contributed by atoms with Crippen LogP contribution in [-0.4, -0.2) is 34.1 Å². The molecule has 9 heteroatoms. The van der Waals surface area contributed by atoms with Gasteiger partial charge < -0.3 is 4.74 Å². The number of nitro benzene ring substituents is 1. The SMILES string of the molecule is O=C1S/C(=C\c2ccc(Br)c([N+](=O)[O-])c2)C(=O)N1CCOc1cccc2ccccc12. The summed E-state index contributed by atoms with van der Waals surface area (Å²) in [4.78, 5) is 36.9. The summed E-state index contributed by atoms with van der Waals surface area (Å²) in [6, 6.07) is 18.0. The summed E-state index contributed by atoms with van der Waals surface area (Å²) >= 11 is 3.93. The average molecular weight is 499 g/mol. The van der Waals surface area contributed by atoms with E-state index in [-0.39, 0.29) is 23.7 Å². The van der Waals surface area contributed by atoms with Crippen molar-refractivity contribution in [2.75, 3.05) is 13.2 Å². The van der Waals surface area contributed by atoms with E-state index in [9.17, 15) is 19.7 Å². The highest BCUT2D eigenvalue weighted by atomic mass is 79.9. The highest BCUT2D eigenvalue weighted by Gasteiger charge is 2.35. The molecule has 1 fully saturated rings. The number of nitro groups is 1. The first-order valence-electron chi connectivity index (χ1n) is 9.24. The molecule has 1 saturated heterocycles. The fourth-order valence-corrected chi connectivity index (χ4v) is 4.43. The molecule has 0 saturated carbocycles. The third-order valence-electron chi connectivity index (χ3n) is 4.66. The molecule has 0 aromatic heterocycles. The highest BCUT2D eigenvalue weighted by Crippen LogP contribution is 2.34. The van der Waals surface area contributed by atoms with Gasteiger partial charge in [0.1, 0.15) is 12.4 Å². The van der Waals surface area contributed by atoms with Crippen LogP contribution in [0.5, 0.6) is 5.75 Å². The minimum atomic E-state index is -0.516. The van der Waals surface area contributed by atoms with Crippen molar-refractivity contribution in [2.24, 2.45) is 0 Å². The zero-order valence-corrected chi connectivity index (χ0v) is 18.4. The lowest BCUT2D eigenvalue weighted by atomic mass is 10.1. The summed E-state index contributed by atoms with van der Waals surface area (Å²) in [5.41, 5.74) is 0.351. The third kappa shape index (κ3) is 4.47. The maximum atomic E-state index is 12.7. The summed E-state index contributed by atoms with van der Waals surface area (Å²) in [6.45, 7) is 0.259. The van der Waals surface area contributed by atoms with Gasteiger partial charge in [0, 0.05) is 11.5 Å². The van der Waals surface area contributed by atoms with Crippen LogP contribution in [0.4, 0.5) is 10.5 Å². The Morgan fingerprint density at radius 1 is 1.10 bits per heavy atom. The van der Waals surface area contributed by atoms with Crippen LogP contribution in [0.1, 0.15) is 5.56 Å². The summed E-state index contributed by atoms with van der Waals surface area (Å²) < 4.78 is 6.17. The molecule has 3 aromatic rings. The Labute approximate surface area is 190 Å². The second-order valence-electron chi connectivity index (χ2n) is 6.63. The van der Waals surface area contributed by atoms with Gasteiger partial charge in [0.2, 0.25) is 0 Å². The number of carbonyl (C=O) groups is 2. The Balaban J connectivity index is 1.46. The van der Waals surface area contributed by atoms with Crippen molar-refractivity contribution < 1.29 is 19.2 Å². The number of nitrogens with zero attached hydrogens (tertiary/aromatic N) is 2. The molecular weight excluding hydrogens is 484 g/mol. The van der Waals surface area contributed by atoms with Crippen molar-refractivity contribution in [1.29, 1.82) is 0 Å². The molecule has 2 amide bonds. The summed E-state index contributed by atoms with van der Waals surface area (Å²) in [6.07, 6.45) is 1.48. The van der Waals surface area contributed by atoms with Gasteiger partial charge in [0.15, 0.2) is 0 Å². The Bertz CT molecular complexity index is 1240. The largest absolute Gasteiger partial charge is 0.491 e. The first kappa shape index (κ1) is 21.1. The van der Waals surface area contributed by atoms with Crippen LogP contribution in [0, 0.1) is 10.1 Å². The predicted molar refractivity (Wildman–Crippen MR) is 123 cm³/mol. The Hall–Kier alpha value is -3.17. The minimum Gasteiger partial charge on any atom is -0.491 e. The van der Waals surface area contributed by atoms with Crippen LogP contribution >= 0.6 is 27.7 Å². The summed E-state index contributed by atoms with van der Waals surface area (Å²) in [5, 5.41) is 12.7. The Morgan fingerprint density at radius 2 is 1.87 bits per heavy atom. The number of carbonyl (C=O) groups excluding carboxylic acids is 2. The molecule has 31 heavy (non-hydrogen) atoms. The molecule has 0 N–H and O–H groups in total. The minimum absolute atomic E-state index is 0.103. The standard InChI is InChI=1S/C22H15BrN2O5S/c23-17-9-8-14(12-18(17)25(28)29)13-20-21(26)24(22(27)31-20)10-11-30-19-7-3-5-15-4-1-2-6-16(15)19/h1-9,12-13H,10-11H2/b20-13-. The van der Waals surface area contributed by atoms with Gasteiger partial charge in [0.05, 0.1) is 20.8 Å². The van der Waals surface area contributed by atoms with E-state index in [0.717, 1.165) is 27.4 Å². The van der Waals surface area contributed by atoms with Crippen LogP contribution in [0.2, 0.25) is 0 Å². The van der Waals surface area contributed by atoms with Crippen molar-refractivity contribution in [1.82, 2.24) is 4.90 Å².